The maximum absolute atomic E-state index is 3.79. The van der Waals surface area contributed by atoms with Crippen molar-refractivity contribution in [2.24, 2.45) is 0 Å². The molecule has 0 unspecified atom stereocenters. The Kier molecular flexibility index (Phi) is 7.12. The van der Waals surface area contributed by atoms with E-state index in [1.165, 1.54) is 49.7 Å². The Balaban J connectivity index is 0.00000348. The Morgan fingerprint density at radius 2 is 0.941 bits per heavy atom. The molecule has 0 bridgehead atoms. The zero-order chi connectivity index (χ0) is 33.8. The van der Waals surface area contributed by atoms with Crippen molar-refractivity contribution in [2.45, 2.75) is 38.5 Å². The first-order chi connectivity index (χ1) is 24.3. The Hall–Kier alpha value is -5.17. The van der Waals surface area contributed by atoms with E-state index in [-0.39, 0.29) is 31.9 Å². The summed E-state index contributed by atoms with van der Waals surface area (Å²) in [6.07, 6.45) is 0. The summed E-state index contributed by atoms with van der Waals surface area (Å²) in [4.78, 5) is 2.34. The standard InChI is InChI=1S/C48H34N2.Pt/c1-47(2)40-25-13-23-38-39-24-14-26-41-45(39)50(44(38)40)46-42(47)29-37(30-43(46)48(41,3)4)49(35-21-11-19-33(27-35)31-15-7-5-8-16-31)36-22-12-20-34(28-36)32-17-9-6-10-18-32;/h5-15,17,19-26,29-30H,1-4H3;/q-4;+4. The maximum Gasteiger partial charge on any atom is 4.00 e. The van der Waals surface area contributed by atoms with Crippen LogP contribution < -0.4 is 4.90 Å². The van der Waals surface area contributed by atoms with Crippen molar-refractivity contribution in [3.8, 4) is 27.9 Å². The summed E-state index contributed by atoms with van der Waals surface area (Å²) in [6.45, 7) is 9.58. The Bertz CT molecular complexity index is 2470. The van der Waals surface area contributed by atoms with Gasteiger partial charge in [0.05, 0.1) is 16.7 Å². The molecule has 1 aromatic heterocycles. The smallest absolute Gasteiger partial charge is 0.348 e. The summed E-state index contributed by atoms with van der Waals surface area (Å²) in [5, 5.41) is 2.67. The minimum Gasteiger partial charge on any atom is -0.348 e. The van der Waals surface area contributed by atoms with E-state index in [4.69, 9.17) is 0 Å². The van der Waals surface area contributed by atoms with Crippen molar-refractivity contribution >= 4 is 38.9 Å². The van der Waals surface area contributed by atoms with Crippen LogP contribution in [0.25, 0.3) is 49.7 Å². The van der Waals surface area contributed by atoms with E-state index in [1.54, 1.807) is 0 Å². The number of para-hydroxylation sites is 2. The van der Waals surface area contributed by atoms with Crippen molar-refractivity contribution in [2.75, 3.05) is 4.90 Å². The summed E-state index contributed by atoms with van der Waals surface area (Å²) in [5.74, 6) is 0. The van der Waals surface area contributed by atoms with Crippen LogP contribution in [-0.2, 0) is 31.9 Å². The van der Waals surface area contributed by atoms with Crippen LogP contribution >= 0.6 is 0 Å². The SMILES string of the molecule is CC1(C)c2cc(N(c3[c-]c(-c4[c-]cccc4)ccc3)c3[c-]c(-c4[c-]cccc4)ccc3)cc3c2-n2c4c1cccc4c1cccc(c12)C3(C)C.[Pt+4]. The van der Waals surface area contributed by atoms with E-state index in [1.807, 2.05) is 24.3 Å². The predicted molar refractivity (Wildman–Crippen MR) is 206 cm³/mol. The van der Waals surface area contributed by atoms with Gasteiger partial charge in [-0.1, -0.05) is 64.1 Å². The van der Waals surface area contributed by atoms with Gasteiger partial charge in [-0.05, 0) is 45.8 Å². The molecular weight excluding hydrogens is 800 g/mol. The fraction of sp³-hybridized carbons (Fsp3) is 0.125. The van der Waals surface area contributed by atoms with Gasteiger partial charge in [-0.3, -0.25) is 0 Å². The van der Waals surface area contributed by atoms with Gasteiger partial charge in [-0.15, -0.1) is 24.3 Å². The van der Waals surface area contributed by atoms with Gasteiger partial charge in [0.15, 0.2) is 0 Å². The molecule has 0 saturated carbocycles. The van der Waals surface area contributed by atoms with Crippen molar-refractivity contribution < 1.29 is 21.1 Å². The van der Waals surface area contributed by atoms with Gasteiger partial charge in [0.2, 0.25) is 0 Å². The van der Waals surface area contributed by atoms with Crippen LogP contribution in [0.5, 0.6) is 0 Å². The Morgan fingerprint density at radius 1 is 0.490 bits per heavy atom. The number of fused-ring (bicyclic) bond motifs is 1. The zero-order valence-electron chi connectivity index (χ0n) is 28.9. The van der Waals surface area contributed by atoms with Crippen LogP contribution in [-0.4, -0.2) is 4.57 Å². The fourth-order valence-corrected chi connectivity index (χ4v) is 8.60. The molecule has 8 aromatic rings. The molecule has 246 valence electrons. The van der Waals surface area contributed by atoms with Crippen LogP contribution in [0.4, 0.5) is 17.1 Å². The normalized spacial score (nSPS) is 14.4. The van der Waals surface area contributed by atoms with Crippen LogP contribution in [0.1, 0.15) is 49.9 Å². The van der Waals surface area contributed by atoms with Crippen LogP contribution in [0.15, 0.2) is 133 Å². The molecule has 51 heavy (non-hydrogen) atoms. The first kappa shape index (κ1) is 31.8. The summed E-state index contributed by atoms with van der Waals surface area (Å²) < 4.78 is 2.58. The van der Waals surface area contributed by atoms with Gasteiger partial charge in [0.1, 0.15) is 0 Å². The molecular formula is C48H34N2Pt. The van der Waals surface area contributed by atoms with Crippen LogP contribution in [0.3, 0.4) is 0 Å². The monoisotopic (exact) mass is 833 g/mol. The summed E-state index contributed by atoms with van der Waals surface area (Å²) in [6, 6.07) is 62.1. The molecule has 0 atom stereocenters. The number of aromatic nitrogens is 1. The molecule has 0 spiro atoms. The van der Waals surface area contributed by atoms with E-state index < -0.39 is 0 Å². The summed E-state index contributed by atoms with van der Waals surface area (Å²) in [5.41, 5.74) is 15.9. The molecule has 0 aliphatic carbocycles. The molecule has 2 aliphatic rings. The quantitative estimate of drug-likeness (QED) is 0.157. The van der Waals surface area contributed by atoms with Gasteiger partial charge in [0.25, 0.3) is 0 Å². The minimum absolute atomic E-state index is 0. The average molecular weight is 834 g/mol. The summed E-state index contributed by atoms with van der Waals surface area (Å²) in [7, 11) is 0. The number of anilines is 3. The molecule has 3 heteroatoms. The van der Waals surface area contributed by atoms with Crippen LogP contribution in [0, 0.1) is 24.3 Å². The number of hydrogen-bond acceptors (Lipinski definition) is 1. The van der Waals surface area contributed by atoms with Crippen molar-refractivity contribution in [3.05, 3.63) is 180 Å². The molecule has 7 aromatic carbocycles. The molecule has 2 nitrogen and oxygen atoms in total. The van der Waals surface area contributed by atoms with Gasteiger partial charge in [-0.25, -0.2) is 22.3 Å². The maximum atomic E-state index is 3.79. The molecule has 0 amide bonds. The number of hydrogen-bond donors (Lipinski definition) is 0. The number of benzene rings is 7. The van der Waals surface area contributed by atoms with Gasteiger partial charge < -0.3 is 9.47 Å². The molecule has 10 rings (SSSR count). The second-order valence-electron chi connectivity index (χ2n) is 14.7. The Labute approximate surface area is 314 Å². The molecule has 3 heterocycles. The van der Waals surface area contributed by atoms with Gasteiger partial charge in [-0.2, -0.15) is 84.9 Å². The predicted octanol–water partition coefficient (Wildman–Crippen LogP) is 12.1. The topological polar surface area (TPSA) is 8.17 Å². The summed E-state index contributed by atoms with van der Waals surface area (Å²) >= 11 is 0. The second-order valence-corrected chi connectivity index (χ2v) is 14.7. The van der Waals surface area contributed by atoms with Crippen molar-refractivity contribution in [3.63, 3.8) is 0 Å². The number of rotatable bonds is 5. The van der Waals surface area contributed by atoms with Crippen molar-refractivity contribution in [1.29, 1.82) is 0 Å². The molecule has 2 aliphatic heterocycles. The van der Waals surface area contributed by atoms with E-state index in [9.17, 15) is 0 Å². The third-order valence-electron chi connectivity index (χ3n) is 11.1. The minimum atomic E-state index is -0.238. The second kappa shape index (κ2) is 11.4. The van der Waals surface area contributed by atoms with E-state index in [0.29, 0.717) is 0 Å². The first-order valence-electron chi connectivity index (χ1n) is 17.4. The largest absolute Gasteiger partial charge is 4.00 e. The average Bonchev–Trinajstić information content (AvgIpc) is 3.49. The fourth-order valence-electron chi connectivity index (χ4n) is 8.60. The van der Waals surface area contributed by atoms with Crippen LogP contribution in [0.2, 0.25) is 0 Å². The molecule has 0 radical (unpaired) electrons. The van der Waals surface area contributed by atoms with Gasteiger partial charge in [0, 0.05) is 27.3 Å². The zero-order valence-corrected chi connectivity index (χ0v) is 31.2. The third kappa shape index (κ3) is 4.52. The third-order valence-corrected chi connectivity index (χ3v) is 11.1. The van der Waals surface area contributed by atoms with Crippen molar-refractivity contribution in [1.82, 2.24) is 4.57 Å². The number of nitrogens with zero attached hydrogens (tertiary/aromatic N) is 2. The molecule has 0 fully saturated rings. The Morgan fingerprint density at radius 3 is 1.39 bits per heavy atom. The molecule has 0 saturated heterocycles. The van der Waals surface area contributed by atoms with Gasteiger partial charge >= 0.3 is 21.1 Å². The van der Waals surface area contributed by atoms with E-state index in [0.717, 1.165) is 39.3 Å². The van der Waals surface area contributed by atoms with E-state index in [2.05, 4.69) is 171 Å². The first-order valence-corrected chi connectivity index (χ1v) is 17.4. The van der Waals surface area contributed by atoms with E-state index >= 15 is 0 Å². The molecule has 0 N–H and O–H groups in total.